The van der Waals surface area contributed by atoms with Gasteiger partial charge in [0, 0.05) is 0 Å². The van der Waals surface area contributed by atoms with Crippen LogP contribution in [0.1, 0.15) is 32.1 Å². The minimum absolute atomic E-state index is 0.849. The monoisotopic (exact) mass is 382 g/mol. The van der Waals surface area contributed by atoms with E-state index in [0.717, 1.165) is 12.0 Å². The lowest BCUT2D eigenvalue weighted by Gasteiger charge is -2.35. The molecule has 0 nitrogen and oxygen atoms in total. The fourth-order valence-corrected chi connectivity index (χ4v) is 9.84. The number of hydrogen-bond acceptors (Lipinski definition) is 0. The first-order valence-electron chi connectivity index (χ1n) is 10.6. The zero-order valence-corrected chi connectivity index (χ0v) is 17.7. The van der Waals surface area contributed by atoms with Crippen molar-refractivity contribution in [1.82, 2.24) is 0 Å². The Morgan fingerprint density at radius 1 is 0.679 bits per heavy atom. The van der Waals surface area contributed by atoms with Crippen molar-refractivity contribution < 1.29 is 0 Å². The molecule has 0 spiro atoms. The molecule has 1 aliphatic rings. The first-order chi connectivity index (χ1) is 13.8. The van der Waals surface area contributed by atoms with Crippen molar-refractivity contribution in [1.29, 1.82) is 0 Å². The SMILES string of the molecule is C=C(CC1CCCC1)C[Si](c1ccccc1)(c1ccccc1)c1ccccc1. The Bertz CT molecular complexity index is 781. The topological polar surface area (TPSA) is 0 Å². The van der Waals surface area contributed by atoms with E-state index in [9.17, 15) is 0 Å². The Morgan fingerprint density at radius 2 is 1.07 bits per heavy atom. The van der Waals surface area contributed by atoms with E-state index in [0.29, 0.717) is 0 Å². The Hall–Kier alpha value is -2.38. The van der Waals surface area contributed by atoms with Crippen molar-refractivity contribution in [2.24, 2.45) is 5.92 Å². The van der Waals surface area contributed by atoms with Crippen LogP contribution in [0.2, 0.25) is 6.04 Å². The summed E-state index contributed by atoms with van der Waals surface area (Å²) in [7, 11) is -2.16. The van der Waals surface area contributed by atoms with Crippen molar-refractivity contribution >= 4 is 23.6 Å². The highest BCUT2D eigenvalue weighted by Gasteiger charge is 2.39. The molecule has 0 amide bonds. The summed E-state index contributed by atoms with van der Waals surface area (Å²) in [5.41, 5.74) is 1.44. The third kappa shape index (κ3) is 3.91. The number of benzene rings is 3. The average Bonchev–Trinajstić information content (AvgIpc) is 3.27. The molecule has 0 heterocycles. The van der Waals surface area contributed by atoms with Crippen molar-refractivity contribution in [3.63, 3.8) is 0 Å². The maximum Gasteiger partial charge on any atom is 0.152 e. The van der Waals surface area contributed by atoms with Gasteiger partial charge in [0.1, 0.15) is 0 Å². The van der Waals surface area contributed by atoms with Gasteiger partial charge in [-0.1, -0.05) is 122 Å². The Morgan fingerprint density at radius 3 is 1.46 bits per heavy atom. The van der Waals surface area contributed by atoms with E-state index >= 15 is 0 Å². The van der Waals surface area contributed by atoms with Gasteiger partial charge in [0.25, 0.3) is 0 Å². The Balaban J connectivity index is 1.82. The van der Waals surface area contributed by atoms with Gasteiger partial charge in [-0.05, 0) is 33.9 Å². The molecule has 0 unspecified atom stereocenters. The molecule has 0 aromatic heterocycles. The average molecular weight is 383 g/mol. The third-order valence-corrected chi connectivity index (χ3v) is 11.4. The Kier molecular flexibility index (Phi) is 5.92. The molecule has 0 bridgehead atoms. The Labute approximate surface area is 171 Å². The standard InChI is InChI=1S/C27H30Si/c1-23(21-24-13-11-12-14-24)22-28(25-15-5-2-6-16-25,26-17-7-3-8-18-26)27-19-9-4-10-20-27/h2-10,15-20,24H,1,11-14,21-22H2. The minimum Gasteiger partial charge on any atom is -0.100 e. The van der Waals surface area contributed by atoms with Crippen molar-refractivity contribution in [3.05, 3.63) is 103 Å². The van der Waals surface area contributed by atoms with E-state index in [1.807, 2.05) is 0 Å². The summed E-state index contributed by atoms with van der Waals surface area (Å²) in [5, 5.41) is 4.46. The molecule has 0 atom stereocenters. The molecule has 142 valence electrons. The van der Waals surface area contributed by atoms with Gasteiger partial charge >= 0.3 is 0 Å². The van der Waals surface area contributed by atoms with Crippen molar-refractivity contribution in [3.8, 4) is 0 Å². The van der Waals surface area contributed by atoms with Gasteiger partial charge in [-0.3, -0.25) is 0 Å². The van der Waals surface area contributed by atoms with E-state index in [1.165, 1.54) is 53.2 Å². The largest absolute Gasteiger partial charge is 0.152 e. The second-order valence-electron chi connectivity index (χ2n) is 8.28. The van der Waals surface area contributed by atoms with Crippen LogP contribution in [0.15, 0.2) is 103 Å². The second kappa shape index (κ2) is 8.75. The summed E-state index contributed by atoms with van der Waals surface area (Å²) < 4.78 is 0. The van der Waals surface area contributed by atoms with Crippen molar-refractivity contribution in [2.75, 3.05) is 0 Å². The molecule has 4 rings (SSSR count). The van der Waals surface area contributed by atoms with Crippen LogP contribution in [0.5, 0.6) is 0 Å². The fraction of sp³-hybridized carbons (Fsp3) is 0.259. The fourth-order valence-electron chi connectivity index (χ4n) is 5.04. The van der Waals surface area contributed by atoms with Gasteiger partial charge in [-0.25, -0.2) is 0 Å². The summed E-state index contributed by atoms with van der Waals surface area (Å²) in [6, 6.07) is 34.7. The lowest BCUT2D eigenvalue weighted by Crippen LogP contribution is -2.67. The maximum absolute atomic E-state index is 4.61. The van der Waals surface area contributed by atoms with Gasteiger partial charge in [-0.15, -0.1) is 6.58 Å². The highest BCUT2D eigenvalue weighted by atomic mass is 28.3. The van der Waals surface area contributed by atoms with Gasteiger partial charge in [0.15, 0.2) is 8.07 Å². The van der Waals surface area contributed by atoms with E-state index in [1.54, 1.807) is 0 Å². The molecule has 1 fully saturated rings. The molecular weight excluding hydrogens is 352 g/mol. The molecule has 0 N–H and O–H groups in total. The van der Waals surface area contributed by atoms with Gasteiger partial charge in [-0.2, -0.15) is 0 Å². The first-order valence-corrected chi connectivity index (χ1v) is 12.8. The molecule has 0 saturated heterocycles. The molecule has 0 aliphatic heterocycles. The number of allylic oxidation sites excluding steroid dienone is 1. The predicted octanol–water partition coefficient (Wildman–Crippen LogP) is 5.29. The van der Waals surface area contributed by atoms with Crippen LogP contribution in [0.3, 0.4) is 0 Å². The summed E-state index contributed by atoms with van der Waals surface area (Å²) in [4.78, 5) is 0. The van der Waals surface area contributed by atoms with Crippen LogP contribution in [-0.4, -0.2) is 8.07 Å². The van der Waals surface area contributed by atoms with Crippen LogP contribution in [-0.2, 0) is 0 Å². The van der Waals surface area contributed by atoms with Gasteiger partial charge in [0.05, 0.1) is 0 Å². The van der Waals surface area contributed by atoms with E-state index < -0.39 is 8.07 Å². The molecule has 1 heteroatoms. The highest BCUT2D eigenvalue weighted by molar-refractivity contribution is 7.11. The first kappa shape index (κ1) is 19.0. The van der Waals surface area contributed by atoms with Crippen LogP contribution in [0.25, 0.3) is 0 Å². The smallest absolute Gasteiger partial charge is 0.100 e. The molecular formula is C27H30Si. The predicted molar refractivity (Wildman–Crippen MR) is 125 cm³/mol. The summed E-state index contributed by atoms with van der Waals surface area (Å²) in [6.45, 7) is 4.61. The molecule has 1 aliphatic carbocycles. The van der Waals surface area contributed by atoms with E-state index in [4.69, 9.17) is 0 Å². The molecule has 28 heavy (non-hydrogen) atoms. The second-order valence-corrected chi connectivity index (χ2v) is 12.2. The van der Waals surface area contributed by atoms with Crippen LogP contribution >= 0.6 is 0 Å². The van der Waals surface area contributed by atoms with E-state index in [2.05, 4.69) is 97.6 Å². The molecule has 0 radical (unpaired) electrons. The third-order valence-electron chi connectivity index (χ3n) is 6.37. The van der Waals surface area contributed by atoms with Crippen LogP contribution < -0.4 is 15.6 Å². The van der Waals surface area contributed by atoms with Crippen LogP contribution in [0.4, 0.5) is 0 Å². The van der Waals surface area contributed by atoms with Gasteiger partial charge in [0.2, 0.25) is 0 Å². The number of hydrogen-bond donors (Lipinski definition) is 0. The normalized spacial score (nSPS) is 14.9. The highest BCUT2D eigenvalue weighted by Crippen LogP contribution is 2.32. The van der Waals surface area contributed by atoms with Crippen molar-refractivity contribution in [2.45, 2.75) is 38.1 Å². The zero-order valence-electron chi connectivity index (χ0n) is 16.7. The summed E-state index contributed by atoms with van der Waals surface area (Å²) in [6.07, 6.45) is 6.76. The lowest BCUT2D eigenvalue weighted by atomic mass is 10.00. The zero-order chi connectivity index (χ0) is 19.2. The summed E-state index contributed by atoms with van der Waals surface area (Å²) in [5.74, 6) is 0.849. The summed E-state index contributed by atoms with van der Waals surface area (Å²) >= 11 is 0. The number of rotatable bonds is 7. The van der Waals surface area contributed by atoms with E-state index in [-0.39, 0.29) is 0 Å². The maximum atomic E-state index is 4.61. The quantitative estimate of drug-likeness (QED) is 0.296. The molecule has 1 saturated carbocycles. The van der Waals surface area contributed by atoms with Gasteiger partial charge < -0.3 is 0 Å². The van der Waals surface area contributed by atoms with Crippen LogP contribution in [0, 0.1) is 5.92 Å². The molecule has 3 aromatic carbocycles. The minimum atomic E-state index is -2.16. The molecule has 3 aromatic rings. The lowest BCUT2D eigenvalue weighted by molar-refractivity contribution is 0.544.